The largest absolute Gasteiger partial charge is 0.508 e. The maximum atomic E-state index is 13.7. The fraction of sp³-hybridized carbons (Fsp3) is 0.273. The Kier molecular flexibility index (Phi) is 7.76. The highest BCUT2D eigenvalue weighted by atomic mass is 19.1. The summed E-state index contributed by atoms with van der Waals surface area (Å²) in [5, 5.41) is 13.2. The zero-order valence-electron chi connectivity index (χ0n) is 22.8. The fourth-order valence-corrected chi connectivity index (χ4v) is 5.88. The molecule has 41 heavy (non-hydrogen) atoms. The molecule has 1 saturated heterocycles. The van der Waals surface area contributed by atoms with Gasteiger partial charge in [-0.05, 0) is 85.0 Å². The Bertz CT molecular complexity index is 1500. The molecular formula is C33H33F2N5O. The number of phenols is 1. The lowest BCUT2D eigenvalue weighted by Gasteiger charge is -2.48. The first-order chi connectivity index (χ1) is 20.0. The molecule has 3 heterocycles. The molecular weight excluding hydrogens is 520 g/mol. The molecule has 1 fully saturated rings. The van der Waals surface area contributed by atoms with Crippen molar-refractivity contribution in [2.45, 2.75) is 31.3 Å². The molecule has 2 N–H and O–H groups in total. The van der Waals surface area contributed by atoms with E-state index in [9.17, 15) is 13.9 Å². The van der Waals surface area contributed by atoms with Crippen molar-refractivity contribution in [1.29, 1.82) is 0 Å². The molecule has 3 aromatic carbocycles. The second-order valence-corrected chi connectivity index (χ2v) is 10.9. The van der Waals surface area contributed by atoms with E-state index >= 15 is 0 Å². The van der Waals surface area contributed by atoms with E-state index in [4.69, 9.17) is 4.98 Å². The Balaban J connectivity index is 1.19. The number of halogens is 2. The summed E-state index contributed by atoms with van der Waals surface area (Å²) in [7, 11) is 0. The zero-order chi connectivity index (χ0) is 28.2. The van der Waals surface area contributed by atoms with Gasteiger partial charge in [0.05, 0.1) is 5.69 Å². The van der Waals surface area contributed by atoms with Crippen molar-refractivity contribution in [3.8, 4) is 28.5 Å². The summed E-state index contributed by atoms with van der Waals surface area (Å²) in [4.78, 5) is 11.9. The van der Waals surface area contributed by atoms with Gasteiger partial charge in [0, 0.05) is 56.2 Å². The van der Waals surface area contributed by atoms with Crippen LogP contribution in [0.25, 0.3) is 22.8 Å². The summed E-state index contributed by atoms with van der Waals surface area (Å²) >= 11 is 0. The van der Waals surface area contributed by atoms with E-state index in [-0.39, 0.29) is 22.9 Å². The van der Waals surface area contributed by atoms with Crippen molar-refractivity contribution in [3.05, 3.63) is 114 Å². The average molecular weight is 554 g/mol. The molecule has 0 spiro atoms. The molecule has 0 unspecified atom stereocenters. The van der Waals surface area contributed by atoms with Gasteiger partial charge in [-0.25, -0.2) is 18.7 Å². The number of imidazole rings is 1. The van der Waals surface area contributed by atoms with Crippen LogP contribution < -0.4 is 5.32 Å². The predicted octanol–water partition coefficient (Wildman–Crippen LogP) is 5.55. The maximum absolute atomic E-state index is 13.7. The minimum atomic E-state index is -0.237. The van der Waals surface area contributed by atoms with Gasteiger partial charge in [-0.2, -0.15) is 0 Å². The molecule has 0 saturated carbocycles. The smallest absolute Gasteiger partial charge is 0.160 e. The second-order valence-electron chi connectivity index (χ2n) is 10.9. The third kappa shape index (κ3) is 6.29. The fourth-order valence-electron chi connectivity index (χ4n) is 5.88. The lowest BCUT2D eigenvalue weighted by Crippen LogP contribution is -2.63. The van der Waals surface area contributed by atoms with E-state index in [1.807, 2.05) is 54.9 Å². The van der Waals surface area contributed by atoms with Gasteiger partial charge in [0.1, 0.15) is 23.1 Å². The normalized spacial score (nSPS) is 15.4. The van der Waals surface area contributed by atoms with Crippen LogP contribution in [-0.2, 0) is 19.4 Å². The van der Waals surface area contributed by atoms with E-state index in [1.165, 1.54) is 24.3 Å². The number of aromatic hydroxyl groups is 1. The van der Waals surface area contributed by atoms with Gasteiger partial charge in [-0.3, -0.25) is 4.90 Å². The molecule has 0 atom stereocenters. The van der Waals surface area contributed by atoms with Crippen molar-refractivity contribution < 1.29 is 13.9 Å². The van der Waals surface area contributed by atoms with Crippen LogP contribution in [-0.4, -0.2) is 56.3 Å². The van der Waals surface area contributed by atoms with Crippen LogP contribution >= 0.6 is 0 Å². The quantitative estimate of drug-likeness (QED) is 0.251. The Morgan fingerprint density at radius 1 is 0.780 bits per heavy atom. The van der Waals surface area contributed by atoms with E-state index in [0.717, 1.165) is 80.1 Å². The van der Waals surface area contributed by atoms with Gasteiger partial charge in [-0.1, -0.05) is 24.3 Å². The van der Waals surface area contributed by atoms with Crippen molar-refractivity contribution in [3.63, 3.8) is 0 Å². The summed E-state index contributed by atoms with van der Waals surface area (Å²) in [6.07, 6.45) is 6.54. The summed E-state index contributed by atoms with van der Waals surface area (Å²) in [6.45, 7) is 4.31. The lowest BCUT2D eigenvalue weighted by molar-refractivity contribution is 0.0568. The Hall–Kier alpha value is -4.14. The lowest BCUT2D eigenvalue weighted by atomic mass is 9.81. The van der Waals surface area contributed by atoms with Crippen LogP contribution in [0.1, 0.15) is 17.5 Å². The van der Waals surface area contributed by atoms with E-state index in [0.29, 0.717) is 5.82 Å². The van der Waals surface area contributed by atoms with Crippen LogP contribution in [0, 0.1) is 11.6 Å². The highest BCUT2D eigenvalue weighted by Crippen LogP contribution is 2.29. The molecule has 0 bridgehead atoms. The molecule has 0 amide bonds. The average Bonchev–Trinajstić information content (AvgIpc) is 3.41. The third-order valence-electron chi connectivity index (χ3n) is 7.97. The highest BCUT2D eigenvalue weighted by molar-refractivity contribution is 5.65. The summed E-state index contributed by atoms with van der Waals surface area (Å²) in [6, 6.07) is 22.5. The number of rotatable bonds is 9. The molecule has 0 aliphatic carbocycles. The van der Waals surface area contributed by atoms with Crippen molar-refractivity contribution in [2.24, 2.45) is 0 Å². The van der Waals surface area contributed by atoms with Crippen molar-refractivity contribution in [2.75, 3.05) is 26.2 Å². The minimum absolute atomic E-state index is 0.214. The SMILES string of the molecule is Oc1ccc(-c2nc3ccn(CCCN4CCNCC4(Cc4ccc(F)cc4)Cc4ccc(F)cc4)cc-3n2)cc1. The van der Waals surface area contributed by atoms with Crippen LogP contribution in [0.15, 0.2) is 91.3 Å². The number of aromatic nitrogens is 3. The summed E-state index contributed by atoms with van der Waals surface area (Å²) in [5.74, 6) is 0.383. The van der Waals surface area contributed by atoms with Crippen LogP contribution in [0.4, 0.5) is 8.78 Å². The molecule has 3 aliphatic rings. The number of aryl methyl sites for hydroxylation is 1. The molecule has 3 aliphatic heterocycles. The number of benzene rings is 3. The van der Waals surface area contributed by atoms with E-state index in [2.05, 4.69) is 19.8 Å². The molecule has 0 radical (unpaired) electrons. The number of nitrogens with one attached hydrogen (secondary N) is 1. The number of hydrogen-bond donors (Lipinski definition) is 2. The first kappa shape index (κ1) is 27.1. The Morgan fingerprint density at radius 3 is 2.07 bits per heavy atom. The van der Waals surface area contributed by atoms with Gasteiger partial charge >= 0.3 is 0 Å². The van der Waals surface area contributed by atoms with E-state index < -0.39 is 0 Å². The summed E-state index contributed by atoms with van der Waals surface area (Å²) in [5.41, 5.74) is 4.48. The monoisotopic (exact) mass is 553 g/mol. The van der Waals surface area contributed by atoms with Crippen LogP contribution in [0.2, 0.25) is 0 Å². The molecule has 3 aromatic rings. The first-order valence-corrected chi connectivity index (χ1v) is 14.0. The highest BCUT2D eigenvalue weighted by Gasteiger charge is 2.38. The first-order valence-electron chi connectivity index (χ1n) is 14.0. The van der Waals surface area contributed by atoms with E-state index in [1.54, 1.807) is 12.1 Å². The zero-order valence-corrected chi connectivity index (χ0v) is 22.8. The third-order valence-corrected chi connectivity index (χ3v) is 7.97. The Labute approximate surface area is 238 Å². The standard InChI is InChI=1S/C33H33F2N5O/c34-27-8-2-24(3-9-27)20-33(21-25-4-10-28(35)11-5-25)23-36-15-19-40(33)17-1-16-39-18-14-30-31(22-39)38-32(37-30)26-6-12-29(41)13-7-26/h2-14,18,22,36,41H,1,15-17,19-21,23H2. The van der Waals surface area contributed by atoms with Gasteiger partial charge in [0.15, 0.2) is 5.82 Å². The molecule has 6 rings (SSSR count). The van der Waals surface area contributed by atoms with Gasteiger partial charge in [0.2, 0.25) is 0 Å². The molecule has 8 heteroatoms. The predicted molar refractivity (Wildman–Crippen MR) is 156 cm³/mol. The van der Waals surface area contributed by atoms with Crippen LogP contribution in [0.3, 0.4) is 0 Å². The molecule has 6 nitrogen and oxygen atoms in total. The van der Waals surface area contributed by atoms with Crippen molar-refractivity contribution >= 4 is 0 Å². The number of hydrogen-bond acceptors (Lipinski definition) is 5. The number of phenolic OH excluding ortho intramolecular Hbond substituents is 1. The van der Waals surface area contributed by atoms with Gasteiger partial charge in [0.25, 0.3) is 0 Å². The second kappa shape index (κ2) is 11.8. The Morgan fingerprint density at radius 2 is 1.41 bits per heavy atom. The number of nitrogens with zero attached hydrogens (tertiary/aromatic N) is 4. The number of piperazine rings is 1. The molecule has 0 aromatic heterocycles. The van der Waals surface area contributed by atoms with Crippen molar-refractivity contribution in [1.82, 2.24) is 24.8 Å². The topological polar surface area (TPSA) is 66.2 Å². The number of fused-ring (bicyclic) bond motifs is 1. The number of pyridine rings is 1. The van der Waals surface area contributed by atoms with Crippen LogP contribution in [0.5, 0.6) is 5.75 Å². The summed E-state index contributed by atoms with van der Waals surface area (Å²) < 4.78 is 29.5. The van der Waals surface area contributed by atoms with Gasteiger partial charge < -0.3 is 15.0 Å². The minimum Gasteiger partial charge on any atom is -0.508 e. The van der Waals surface area contributed by atoms with Gasteiger partial charge in [-0.15, -0.1) is 0 Å². The molecule has 210 valence electrons. The maximum Gasteiger partial charge on any atom is 0.160 e.